The topological polar surface area (TPSA) is 49.4 Å². The molecule has 1 heterocycles. The van der Waals surface area contributed by atoms with Crippen molar-refractivity contribution < 1.29 is 8.42 Å². The number of nitrogens with zero attached hydrogens (tertiary/aromatic N) is 1. The summed E-state index contributed by atoms with van der Waals surface area (Å²) in [5.41, 5.74) is 0.901. The van der Waals surface area contributed by atoms with E-state index in [1.165, 1.54) is 0 Å². The molecule has 0 aliphatic carbocycles. The van der Waals surface area contributed by atoms with Gasteiger partial charge < -0.3 is 5.32 Å². The van der Waals surface area contributed by atoms with Crippen LogP contribution in [-0.4, -0.2) is 39.4 Å². The first-order chi connectivity index (χ1) is 9.45. The van der Waals surface area contributed by atoms with E-state index in [9.17, 15) is 8.42 Å². The van der Waals surface area contributed by atoms with Crippen LogP contribution in [0.2, 0.25) is 5.02 Å². The smallest absolute Gasteiger partial charge is 0.244 e. The number of hydrogen-bond acceptors (Lipinski definition) is 3. The van der Waals surface area contributed by atoms with Gasteiger partial charge in [0, 0.05) is 13.1 Å². The molecule has 0 atom stereocenters. The van der Waals surface area contributed by atoms with E-state index < -0.39 is 10.0 Å². The molecule has 0 unspecified atom stereocenters. The Kier molecular flexibility index (Phi) is 5.07. The Labute approximate surface area is 126 Å². The van der Waals surface area contributed by atoms with Crippen molar-refractivity contribution in [1.29, 1.82) is 0 Å². The first-order valence-electron chi connectivity index (χ1n) is 6.86. The highest BCUT2D eigenvalue weighted by Gasteiger charge is 2.30. The van der Waals surface area contributed by atoms with Gasteiger partial charge >= 0.3 is 0 Å². The Morgan fingerprint density at radius 1 is 1.35 bits per heavy atom. The van der Waals surface area contributed by atoms with Gasteiger partial charge in [0.15, 0.2) is 0 Å². The molecule has 1 aliphatic heterocycles. The van der Waals surface area contributed by atoms with Gasteiger partial charge in [0.2, 0.25) is 10.0 Å². The minimum Gasteiger partial charge on any atom is -0.319 e. The van der Waals surface area contributed by atoms with Crippen molar-refractivity contribution in [3.8, 4) is 0 Å². The summed E-state index contributed by atoms with van der Waals surface area (Å²) < 4.78 is 26.9. The SMILES string of the molecule is CNCC1CCN(S(=O)(=O)c2cc(C)ccc2Cl)CC1. The number of rotatable bonds is 4. The maximum atomic E-state index is 12.7. The number of piperidine rings is 1. The molecule has 0 bridgehead atoms. The van der Waals surface area contributed by atoms with Gasteiger partial charge in [-0.2, -0.15) is 4.31 Å². The summed E-state index contributed by atoms with van der Waals surface area (Å²) in [5, 5.41) is 3.45. The molecule has 1 aromatic rings. The lowest BCUT2D eigenvalue weighted by molar-refractivity contribution is 0.270. The third-order valence-electron chi connectivity index (χ3n) is 3.77. The van der Waals surface area contributed by atoms with E-state index in [0.29, 0.717) is 24.0 Å². The maximum Gasteiger partial charge on any atom is 0.244 e. The van der Waals surface area contributed by atoms with E-state index >= 15 is 0 Å². The highest BCUT2D eigenvalue weighted by molar-refractivity contribution is 7.89. The molecule has 0 saturated carbocycles. The summed E-state index contributed by atoms with van der Waals surface area (Å²) in [6.45, 7) is 3.95. The summed E-state index contributed by atoms with van der Waals surface area (Å²) in [5.74, 6) is 0.555. The van der Waals surface area contributed by atoms with Gasteiger partial charge in [-0.1, -0.05) is 17.7 Å². The van der Waals surface area contributed by atoms with Crippen molar-refractivity contribution in [3.05, 3.63) is 28.8 Å². The van der Waals surface area contributed by atoms with Crippen LogP contribution in [0.5, 0.6) is 0 Å². The third kappa shape index (κ3) is 3.34. The Bertz CT molecular complexity index is 567. The van der Waals surface area contributed by atoms with Crippen molar-refractivity contribution in [2.24, 2.45) is 5.92 Å². The molecule has 0 amide bonds. The Hall–Kier alpha value is -0.620. The van der Waals surface area contributed by atoms with Crippen LogP contribution in [0, 0.1) is 12.8 Å². The van der Waals surface area contributed by atoms with E-state index in [1.54, 1.807) is 16.4 Å². The van der Waals surface area contributed by atoms with E-state index in [0.717, 1.165) is 24.9 Å². The lowest BCUT2D eigenvalue weighted by atomic mass is 9.98. The van der Waals surface area contributed by atoms with Gasteiger partial charge in [-0.15, -0.1) is 0 Å². The second-order valence-corrected chi connectivity index (χ2v) is 7.65. The number of sulfonamides is 1. The number of halogens is 1. The molecule has 2 rings (SSSR count). The fraction of sp³-hybridized carbons (Fsp3) is 0.571. The number of aryl methyl sites for hydroxylation is 1. The minimum atomic E-state index is -3.47. The van der Waals surface area contributed by atoms with Gasteiger partial charge in [-0.25, -0.2) is 8.42 Å². The van der Waals surface area contributed by atoms with Gasteiger partial charge in [0.1, 0.15) is 4.90 Å². The van der Waals surface area contributed by atoms with Gasteiger partial charge in [0.05, 0.1) is 5.02 Å². The van der Waals surface area contributed by atoms with E-state index in [2.05, 4.69) is 5.32 Å². The molecular weight excluding hydrogens is 296 g/mol. The summed E-state index contributed by atoms with van der Waals surface area (Å²) in [4.78, 5) is 0.228. The maximum absolute atomic E-state index is 12.7. The largest absolute Gasteiger partial charge is 0.319 e. The predicted octanol–water partition coefficient (Wildman–Crippen LogP) is 2.27. The van der Waals surface area contributed by atoms with Crippen molar-refractivity contribution in [2.45, 2.75) is 24.7 Å². The first kappa shape index (κ1) is 15.8. The number of benzene rings is 1. The van der Waals surface area contributed by atoms with Crippen molar-refractivity contribution >= 4 is 21.6 Å². The van der Waals surface area contributed by atoms with Crippen LogP contribution in [-0.2, 0) is 10.0 Å². The molecule has 4 nitrogen and oxygen atoms in total. The Morgan fingerprint density at radius 2 is 2.00 bits per heavy atom. The van der Waals surface area contributed by atoms with E-state index in [-0.39, 0.29) is 4.90 Å². The average Bonchev–Trinajstić information content (AvgIpc) is 2.42. The summed E-state index contributed by atoms with van der Waals surface area (Å²) >= 11 is 6.06. The van der Waals surface area contributed by atoms with Crippen molar-refractivity contribution in [1.82, 2.24) is 9.62 Å². The molecule has 1 fully saturated rings. The van der Waals surface area contributed by atoms with Crippen molar-refractivity contribution in [3.63, 3.8) is 0 Å². The zero-order chi connectivity index (χ0) is 14.8. The molecule has 112 valence electrons. The monoisotopic (exact) mass is 316 g/mol. The molecular formula is C14H21ClN2O2S. The third-order valence-corrected chi connectivity index (χ3v) is 6.15. The zero-order valence-corrected chi connectivity index (χ0v) is 13.5. The highest BCUT2D eigenvalue weighted by Crippen LogP contribution is 2.28. The molecule has 0 radical (unpaired) electrons. The first-order valence-corrected chi connectivity index (χ1v) is 8.68. The Balaban J connectivity index is 2.18. The minimum absolute atomic E-state index is 0.228. The fourth-order valence-electron chi connectivity index (χ4n) is 2.59. The van der Waals surface area contributed by atoms with Crippen LogP contribution in [0.1, 0.15) is 18.4 Å². The van der Waals surface area contributed by atoms with Crippen LogP contribution >= 0.6 is 11.6 Å². The molecule has 0 spiro atoms. The fourth-order valence-corrected chi connectivity index (χ4v) is 4.62. The summed E-state index contributed by atoms with van der Waals surface area (Å²) in [7, 11) is -1.55. The molecule has 1 aliphatic rings. The lowest BCUT2D eigenvalue weighted by Gasteiger charge is -2.31. The normalized spacial score (nSPS) is 18.4. The quantitative estimate of drug-likeness (QED) is 0.927. The molecule has 1 saturated heterocycles. The van der Waals surface area contributed by atoms with Crippen LogP contribution in [0.25, 0.3) is 0 Å². The van der Waals surface area contributed by atoms with Crippen LogP contribution in [0.4, 0.5) is 0 Å². The molecule has 1 N–H and O–H groups in total. The molecule has 6 heteroatoms. The number of hydrogen-bond donors (Lipinski definition) is 1. The lowest BCUT2D eigenvalue weighted by Crippen LogP contribution is -2.40. The standard InChI is InChI=1S/C14H21ClN2O2S/c1-11-3-4-13(15)14(9-11)20(18,19)17-7-5-12(6-8-17)10-16-2/h3-4,9,12,16H,5-8,10H2,1-2H3. The van der Waals surface area contributed by atoms with E-state index in [4.69, 9.17) is 11.6 Å². The van der Waals surface area contributed by atoms with Crippen molar-refractivity contribution in [2.75, 3.05) is 26.7 Å². The second-order valence-electron chi connectivity index (χ2n) is 5.34. The van der Waals surface area contributed by atoms with Gasteiger partial charge in [-0.05, 0) is 57.0 Å². The van der Waals surface area contributed by atoms with Gasteiger partial charge in [-0.3, -0.25) is 0 Å². The van der Waals surface area contributed by atoms with Crippen LogP contribution in [0.15, 0.2) is 23.1 Å². The number of nitrogens with one attached hydrogen (secondary N) is 1. The van der Waals surface area contributed by atoms with Crippen LogP contribution in [0.3, 0.4) is 0 Å². The second kappa shape index (κ2) is 6.43. The van der Waals surface area contributed by atoms with Gasteiger partial charge in [0.25, 0.3) is 0 Å². The predicted molar refractivity (Wildman–Crippen MR) is 81.6 cm³/mol. The highest BCUT2D eigenvalue weighted by atomic mass is 35.5. The average molecular weight is 317 g/mol. The van der Waals surface area contributed by atoms with E-state index in [1.807, 2.05) is 20.0 Å². The molecule has 20 heavy (non-hydrogen) atoms. The summed E-state index contributed by atoms with van der Waals surface area (Å²) in [6.07, 6.45) is 1.78. The molecule has 1 aromatic carbocycles. The summed E-state index contributed by atoms with van der Waals surface area (Å²) in [6, 6.07) is 5.12. The zero-order valence-electron chi connectivity index (χ0n) is 11.9. The van der Waals surface area contributed by atoms with Crippen LogP contribution < -0.4 is 5.32 Å². The molecule has 0 aromatic heterocycles. The Morgan fingerprint density at radius 3 is 2.60 bits per heavy atom.